The molecule has 1 N–H and O–H groups in total. The Morgan fingerprint density at radius 2 is 2.24 bits per heavy atom. The Hall–Kier alpha value is -2.33. The van der Waals surface area contributed by atoms with Crippen molar-refractivity contribution >= 4 is 11.9 Å². The minimum Gasteiger partial charge on any atom is -0.478 e. The molecule has 0 spiro atoms. The second-order valence-corrected chi connectivity index (χ2v) is 5.27. The van der Waals surface area contributed by atoms with Gasteiger partial charge in [0.15, 0.2) is 0 Å². The van der Waals surface area contributed by atoms with Crippen LogP contribution in [-0.4, -0.2) is 46.1 Å². The van der Waals surface area contributed by atoms with Crippen LogP contribution in [0.25, 0.3) is 0 Å². The lowest BCUT2D eigenvalue weighted by atomic mass is 10.1. The maximum atomic E-state index is 12.6. The predicted octanol–water partition coefficient (Wildman–Crippen LogP) is 0.702. The standard InChI is InChI=1S/C14H15N3O4/c15-6-9-1-2-16(7-9)13(18)11-5-10(14(19)20)12-8-21-4-3-17(11)12/h5,9H,1-4,7-8H2,(H,19,20)/t9-/m0/s1. The molecule has 0 bridgehead atoms. The summed E-state index contributed by atoms with van der Waals surface area (Å²) >= 11 is 0. The Balaban J connectivity index is 1.94. The highest BCUT2D eigenvalue weighted by atomic mass is 16.5. The van der Waals surface area contributed by atoms with Crippen molar-refractivity contribution in [1.29, 1.82) is 5.26 Å². The highest BCUT2D eigenvalue weighted by molar-refractivity contribution is 5.98. The van der Waals surface area contributed by atoms with Gasteiger partial charge in [0.05, 0.1) is 36.5 Å². The van der Waals surface area contributed by atoms with Crippen LogP contribution in [0, 0.1) is 17.2 Å². The van der Waals surface area contributed by atoms with Gasteiger partial charge in [-0.15, -0.1) is 0 Å². The van der Waals surface area contributed by atoms with Crippen LogP contribution < -0.4 is 0 Å². The van der Waals surface area contributed by atoms with Crippen molar-refractivity contribution in [3.05, 3.63) is 23.0 Å². The highest BCUT2D eigenvalue weighted by Crippen LogP contribution is 2.24. The van der Waals surface area contributed by atoms with E-state index >= 15 is 0 Å². The van der Waals surface area contributed by atoms with E-state index in [1.807, 2.05) is 0 Å². The summed E-state index contributed by atoms with van der Waals surface area (Å²) in [6.45, 7) is 2.09. The van der Waals surface area contributed by atoms with E-state index < -0.39 is 5.97 Å². The average Bonchev–Trinajstić information content (AvgIpc) is 3.11. The normalized spacial score (nSPS) is 20.9. The largest absolute Gasteiger partial charge is 0.478 e. The molecule has 1 aromatic heterocycles. The summed E-state index contributed by atoms with van der Waals surface area (Å²) in [6, 6.07) is 3.60. The summed E-state index contributed by atoms with van der Waals surface area (Å²) in [6.07, 6.45) is 0.671. The molecule has 1 fully saturated rings. The molecule has 0 unspecified atom stereocenters. The van der Waals surface area contributed by atoms with Gasteiger partial charge in [0, 0.05) is 19.6 Å². The van der Waals surface area contributed by atoms with E-state index in [1.54, 1.807) is 9.47 Å². The Kier molecular flexibility index (Phi) is 3.39. The number of hydrogen-bond donors (Lipinski definition) is 1. The number of likely N-dealkylation sites (tertiary alicyclic amines) is 1. The van der Waals surface area contributed by atoms with Gasteiger partial charge in [-0.05, 0) is 12.5 Å². The second-order valence-electron chi connectivity index (χ2n) is 5.27. The molecule has 0 aliphatic carbocycles. The number of rotatable bonds is 2. The zero-order valence-corrected chi connectivity index (χ0v) is 11.4. The van der Waals surface area contributed by atoms with Crippen molar-refractivity contribution in [2.75, 3.05) is 19.7 Å². The number of nitrogens with zero attached hydrogens (tertiary/aromatic N) is 3. The van der Waals surface area contributed by atoms with Crippen LogP contribution in [0.1, 0.15) is 33.0 Å². The van der Waals surface area contributed by atoms with Crippen molar-refractivity contribution in [2.24, 2.45) is 5.92 Å². The minimum atomic E-state index is -1.06. The zero-order valence-electron chi connectivity index (χ0n) is 11.4. The van der Waals surface area contributed by atoms with Gasteiger partial charge in [-0.1, -0.05) is 0 Å². The lowest BCUT2D eigenvalue weighted by molar-refractivity contribution is 0.0648. The van der Waals surface area contributed by atoms with E-state index in [1.165, 1.54) is 6.07 Å². The Morgan fingerprint density at radius 3 is 2.90 bits per heavy atom. The van der Waals surface area contributed by atoms with Gasteiger partial charge in [0.1, 0.15) is 5.69 Å². The first-order chi connectivity index (χ1) is 10.1. The van der Waals surface area contributed by atoms with Gasteiger partial charge in [0.2, 0.25) is 0 Å². The first-order valence-electron chi connectivity index (χ1n) is 6.84. The van der Waals surface area contributed by atoms with E-state index in [9.17, 15) is 14.7 Å². The molecule has 2 aliphatic heterocycles. The van der Waals surface area contributed by atoms with Crippen molar-refractivity contribution in [3.8, 4) is 6.07 Å². The molecule has 2 aliphatic rings. The van der Waals surface area contributed by atoms with Crippen molar-refractivity contribution in [2.45, 2.75) is 19.6 Å². The number of amides is 1. The average molecular weight is 289 g/mol. The number of fused-ring (bicyclic) bond motifs is 1. The molecule has 0 aromatic carbocycles. The Morgan fingerprint density at radius 1 is 1.43 bits per heavy atom. The number of aromatic carboxylic acids is 1. The molecule has 3 rings (SSSR count). The van der Waals surface area contributed by atoms with Gasteiger partial charge in [-0.2, -0.15) is 5.26 Å². The van der Waals surface area contributed by atoms with Crippen LogP contribution >= 0.6 is 0 Å². The molecule has 1 saturated heterocycles. The molecular weight excluding hydrogens is 274 g/mol. The van der Waals surface area contributed by atoms with E-state index in [-0.39, 0.29) is 24.0 Å². The molecule has 3 heterocycles. The number of carbonyl (C=O) groups excluding carboxylic acids is 1. The van der Waals surface area contributed by atoms with Gasteiger partial charge in [-0.25, -0.2) is 4.79 Å². The number of carboxylic acid groups (broad SMARTS) is 1. The van der Waals surface area contributed by atoms with E-state index in [0.717, 1.165) is 0 Å². The summed E-state index contributed by atoms with van der Waals surface area (Å²) in [5.74, 6) is -1.39. The molecule has 0 radical (unpaired) electrons. The number of nitriles is 1. The molecular formula is C14H15N3O4. The fourth-order valence-corrected chi connectivity index (χ4v) is 2.90. The molecule has 0 saturated carbocycles. The Labute approximate surface area is 121 Å². The maximum Gasteiger partial charge on any atom is 0.337 e. The summed E-state index contributed by atoms with van der Waals surface area (Å²) in [7, 11) is 0. The lowest BCUT2D eigenvalue weighted by Gasteiger charge is -2.21. The smallest absolute Gasteiger partial charge is 0.337 e. The molecule has 1 atom stereocenters. The van der Waals surface area contributed by atoms with Crippen molar-refractivity contribution in [1.82, 2.24) is 9.47 Å². The third kappa shape index (κ3) is 2.28. The summed E-state index contributed by atoms with van der Waals surface area (Å²) in [4.78, 5) is 25.5. The molecule has 1 aromatic rings. The number of aromatic nitrogens is 1. The van der Waals surface area contributed by atoms with Gasteiger partial charge < -0.3 is 19.3 Å². The van der Waals surface area contributed by atoms with Crippen molar-refractivity contribution < 1.29 is 19.4 Å². The van der Waals surface area contributed by atoms with Crippen molar-refractivity contribution in [3.63, 3.8) is 0 Å². The second kappa shape index (κ2) is 5.22. The monoisotopic (exact) mass is 289 g/mol. The van der Waals surface area contributed by atoms with E-state index in [4.69, 9.17) is 10.00 Å². The third-order valence-electron chi connectivity index (χ3n) is 4.01. The quantitative estimate of drug-likeness (QED) is 0.864. The molecule has 7 nitrogen and oxygen atoms in total. The van der Waals surface area contributed by atoms with Crippen LogP contribution in [0.4, 0.5) is 0 Å². The van der Waals surface area contributed by atoms with Crippen LogP contribution in [0.2, 0.25) is 0 Å². The fourth-order valence-electron chi connectivity index (χ4n) is 2.90. The summed E-state index contributed by atoms with van der Waals surface area (Å²) in [5.41, 5.74) is 1.03. The van der Waals surface area contributed by atoms with Crippen LogP contribution in [-0.2, 0) is 17.9 Å². The predicted molar refractivity (Wildman–Crippen MR) is 70.7 cm³/mol. The third-order valence-corrected chi connectivity index (χ3v) is 4.01. The number of ether oxygens (including phenoxy) is 1. The molecule has 110 valence electrons. The Bertz CT molecular complexity index is 643. The van der Waals surface area contributed by atoms with Crippen LogP contribution in [0.5, 0.6) is 0 Å². The topological polar surface area (TPSA) is 95.6 Å². The highest BCUT2D eigenvalue weighted by Gasteiger charge is 2.31. The lowest BCUT2D eigenvalue weighted by Crippen LogP contribution is -2.31. The van der Waals surface area contributed by atoms with E-state index in [2.05, 4.69) is 6.07 Å². The first kappa shape index (κ1) is 13.6. The number of carbonyl (C=O) groups is 2. The number of hydrogen-bond acceptors (Lipinski definition) is 4. The summed E-state index contributed by atoms with van der Waals surface area (Å²) < 4.78 is 7.02. The van der Waals surface area contributed by atoms with Gasteiger partial charge >= 0.3 is 5.97 Å². The summed E-state index contributed by atoms with van der Waals surface area (Å²) in [5, 5.41) is 18.2. The molecule has 1 amide bonds. The fraction of sp³-hybridized carbons (Fsp3) is 0.500. The minimum absolute atomic E-state index is 0.120. The SMILES string of the molecule is N#C[C@@H]1CCN(C(=O)c2cc(C(=O)O)c3n2CCOC3)C1. The van der Waals surface area contributed by atoms with Gasteiger partial charge in [0.25, 0.3) is 5.91 Å². The van der Waals surface area contributed by atoms with Crippen LogP contribution in [0.15, 0.2) is 6.07 Å². The van der Waals surface area contributed by atoms with Gasteiger partial charge in [-0.3, -0.25) is 4.79 Å². The zero-order chi connectivity index (χ0) is 15.0. The molecule has 7 heteroatoms. The number of carboxylic acids is 1. The first-order valence-corrected chi connectivity index (χ1v) is 6.84. The molecule has 21 heavy (non-hydrogen) atoms. The maximum absolute atomic E-state index is 12.6. The van der Waals surface area contributed by atoms with E-state index in [0.29, 0.717) is 44.0 Å². The van der Waals surface area contributed by atoms with Crippen LogP contribution in [0.3, 0.4) is 0 Å².